The molecule has 0 unspecified atom stereocenters. The molecule has 0 radical (unpaired) electrons. The minimum atomic E-state index is -0.201. The molecule has 0 aliphatic rings. The number of H-pyrrole nitrogens is 1. The SMILES string of the molecule is O=c1[nH]ncn1Cc1ccc(-c2csc(CO)c2)s1. The summed E-state index contributed by atoms with van der Waals surface area (Å²) < 4.78 is 1.53. The lowest BCUT2D eigenvalue weighted by Gasteiger charge is -1.95. The molecule has 0 saturated carbocycles. The highest BCUT2D eigenvalue weighted by Gasteiger charge is 2.07. The molecule has 3 aromatic heterocycles. The average molecular weight is 293 g/mol. The zero-order chi connectivity index (χ0) is 13.2. The summed E-state index contributed by atoms with van der Waals surface area (Å²) in [5.74, 6) is 0. The quantitative estimate of drug-likeness (QED) is 0.772. The van der Waals surface area contributed by atoms with E-state index in [4.69, 9.17) is 5.11 Å². The van der Waals surface area contributed by atoms with E-state index in [-0.39, 0.29) is 12.3 Å². The predicted octanol–water partition coefficient (Wildman–Crippen LogP) is 1.90. The molecule has 0 amide bonds. The first-order valence-corrected chi connectivity index (χ1v) is 7.33. The summed E-state index contributed by atoms with van der Waals surface area (Å²) in [6.45, 7) is 0.601. The minimum absolute atomic E-state index is 0.0767. The van der Waals surface area contributed by atoms with Gasteiger partial charge in [0, 0.05) is 20.2 Å². The number of aromatic nitrogens is 3. The topological polar surface area (TPSA) is 70.9 Å². The van der Waals surface area contributed by atoms with Crippen LogP contribution in [0.2, 0.25) is 0 Å². The molecule has 0 bridgehead atoms. The number of thiophene rings is 2. The number of aliphatic hydroxyl groups is 1. The van der Waals surface area contributed by atoms with Crippen LogP contribution in [0.3, 0.4) is 0 Å². The Morgan fingerprint density at radius 2 is 2.26 bits per heavy atom. The summed E-state index contributed by atoms with van der Waals surface area (Å²) in [5.41, 5.74) is 0.915. The van der Waals surface area contributed by atoms with Gasteiger partial charge in [0.05, 0.1) is 13.2 Å². The summed E-state index contributed by atoms with van der Waals surface area (Å²) in [7, 11) is 0. The molecule has 0 spiro atoms. The van der Waals surface area contributed by atoms with Crippen LogP contribution in [0.15, 0.2) is 34.7 Å². The van der Waals surface area contributed by atoms with Gasteiger partial charge >= 0.3 is 5.69 Å². The Hall–Kier alpha value is -1.70. The molecule has 19 heavy (non-hydrogen) atoms. The van der Waals surface area contributed by atoms with Gasteiger partial charge < -0.3 is 5.11 Å². The summed E-state index contributed by atoms with van der Waals surface area (Å²) >= 11 is 3.19. The van der Waals surface area contributed by atoms with Gasteiger partial charge in [-0.25, -0.2) is 9.89 Å². The first kappa shape index (κ1) is 12.3. The Kier molecular flexibility index (Phi) is 3.33. The second-order valence-electron chi connectivity index (χ2n) is 4.02. The van der Waals surface area contributed by atoms with Crippen molar-refractivity contribution in [2.24, 2.45) is 0 Å². The number of aliphatic hydroxyl groups excluding tert-OH is 1. The van der Waals surface area contributed by atoms with Gasteiger partial charge in [0.2, 0.25) is 0 Å². The molecule has 0 aromatic carbocycles. The number of hydrogen-bond acceptors (Lipinski definition) is 5. The number of hydrogen-bond donors (Lipinski definition) is 2. The molecule has 0 aliphatic heterocycles. The maximum atomic E-state index is 11.4. The fourth-order valence-electron chi connectivity index (χ4n) is 1.76. The molecule has 2 N–H and O–H groups in total. The maximum absolute atomic E-state index is 11.4. The highest BCUT2D eigenvalue weighted by molar-refractivity contribution is 7.16. The van der Waals surface area contributed by atoms with E-state index in [0.29, 0.717) is 6.54 Å². The molecular weight excluding hydrogens is 282 g/mol. The van der Waals surface area contributed by atoms with Gasteiger partial charge in [0.25, 0.3) is 0 Å². The summed E-state index contributed by atoms with van der Waals surface area (Å²) in [6.07, 6.45) is 1.50. The zero-order valence-corrected chi connectivity index (χ0v) is 11.5. The predicted molar refractivity (Wildman–Crippen MR) is 75.5 cm³/mol. The Morgan fingerprint density at radius 1 is 1.37 bits per heavy atom. The van der Waals surface area contributed by atoms with Gasteiger partial charge in [0.15, 0.2) is 0 Å². The van der Waals surface area contributed by atoms with Crippen LogP contribution in [-0.4, -0.2) is 19.9 Å². The van der Waals surface area contributed by atoms with Crippen LogP contribution < -0.4 is 5.69 Å². The highest BCUT2D eigenvalue weighted by Crippen LogP contribution is 2.31. The van der Waals surface area contributed by atoms with Gasteiger partial charge in [-0.1, -0.05) is 0 Å². The smallest absolute Gasteiger partial charge is 0.343 e. The second-order valence-corrected chi connectivity index (χ2v) is 6.18. The number of nitrogens with zero attached hydrogens (tertiary/aromatic N) is 2. The summed E-state index contributed by atoms with van der Waals surface area (Å²) in [4.78, 5) is 14.6. The van der Waals surface area contributed by atoms with Crippen molar-refractivity contribution in [3.8, 4) is 10.4 Å². The van der Waals surface area contributed by atoms with Crippen LogP contribution in [-0.2, 0) is 13.2 Å². The average Bonchev–Trinajstić information content (AvgIpc) is 3.12. The van der Waals surface area contributed by atoms with Gasteiger partial charge in [0.1, 0.15) is 6.33 Å². The van der Waals surface area contributed by atoms with E-state index in [1.165, 1.54) is 10.9 Å². The Balaban J connectivity index is 1.83. The lowest BCUT2D eigenvalue weighted by atomic mass is 10.2. The fraction of sp³-hybridized carbons (Fsp3) is 0.167. The lowest BCUT2D eigenvalue weighted by Crippen LogP contribution is -2.16. The van der Waals surface area contributed by atoms with Crippen molar-refractivity contribution in [3.05, 3.63) is 50.1 Å². The highest BCUT2D eigenvalue weighted by atomic mass is 32.1. The van der Waals surface area contributed by atoms with E-state index in [2.05, 4.69) is 10.2 Å². The third-order valence-electron chi connectivity index (χ3n) is 2.70. The van der Waals surface area contributed by atoms with Crippen LogP contribution in [0.25, 0.3) is 10.4 Å². The normalized spacial score (nSPS) is 11.0. The molecule has 0 fully saturated rings. The summed E-state index contributed by atoms with van der Waals surface area (Å²) in [6, 6.07) is 6.04. The van der Waals surface area contributed by atoms with Crippen molar-refractivity contribution >= 4 is 22.7 Å². The van der Waals surface area contributed by atoms with Crippen molar-refractivity contribution < 1.29 is 5.11 Å². The van der Waals surface area contributed by atoms with Gasteiger partial charge in [-0.3, -0.25) is 4.57 Å². The molecule has 0 aliphatic carbocycles. The molecule has 3 rings (SSSR count). The lowest BCUT2D eigenvalue weighted by molar-refractivity contribution is 0.285. The molecule has 0 atom stereocenters. The van der Waals surface area contributed by atoms with Crippen LogP contribution >= 0.6 is 22.7 Å². The van der Waals surface area contributed by atoms with Gasteiger partial charge in [-0.15, -0.1) is 22.7 Å². The Labute approximate surface area is 116 Å². The largest absolute Gasteiger partial charge is 0.391 e. The van der Waals surface area contributed by atoms with Crippen LogP contribution in [0.4, 0.5) is 0 Å². The standard InChI is InChI=1S/C12H11N3O2S2/c16-5-10-3-8(6-18-10)11-2-1-9(19-11)4-15-7-13-14-12(15)17/h1-3,6-7,16H,4-5H2,(H,14,17). The van der Waals surface area contributed by atoms with E-state index in [0.717, 1.165) is 20.2 Å². The Bertz CT molecular complexity index is 738. The second kappa shape index (κ2) is 5.12. The molecular formula is C12H11N3O2S2. The first-order valence-electron chi connectivity index (χ1n) is 5.63. The van der Waals surface area contributed by atoms with E-state index in [9.17, 15) is 4.79 Å². The van der Waals surface area contributed by atoms with Crippen LogP contribution in [0.5, 0.6) is 0 Å². The molecule has 5 nitrogen and oxygen atoms in total. The molecule has 3 heterocycles. The van der Waals surface area contributed by atoms with Gasteiger partial charge in [-0.05, 0) is 23.6 Å². The monoisotopic (exact) mass is 293 g/mol. The minimum Gasteiger partial charge on any atom is -0.391 e. The van der Waals surface area contributed by atoms with Crippen molar-refractivity contribution in [2.45, 2.75) is 13.2 Å². The number of aromatic amines is 1. The van der Waals surface area contributed by atoms with Crippen molar-refractivity contribution in [3.63, 3.8) is 0 Å². The third kappa shape index (κ3) is 2.53. The van der Waals surface area contributed by atoms with Crippen LogP contribution in [0, 0.1) is 0 Å². The van der Waals surface area contributed by atoms with E-state index < -0.39 is 0 Å². The molecule has 98 valence electrons. The van der Waals surface area contributed by atoms with E-state index in [1.807, 2.05) is 23.6 Å². The summed E-state index contributed by atoms with van der Waals surface area (Å²) in [5, 5.41) is 17.2. The number of nitrogens with one attached hydrogen (secondary N) is 1. The van der Waals surface area contributed by atoms with E-state index >= 15 is 0 Å². The molecule has 3 aromatic rings. The number of rotatable bonds is 4. The third-order valence-corrected chi connectivity index (χ3v) is 4.74. The Morgan fingerprint density at radius 3 is 2.95 bits per heavy atom. The van der Waals surface area contributed by atoms with Crippen molar-refractivity contribution in [1.29, 1.82) is 0 Å². The molecule has 0 saturated heterocycles. The van der Waals surface area contributed by atoms with Gasteiger partial charge in [-0.2, -0.15) is 5.10 Å². The first-order chi connectivity index (χ1) is 9.26. The van der Waals surface area contributed by atoms with Crippen molar-refractivity contribution in [1.82, 2.24) is 14.8 Å². The fourth-order valence-corrected chi connectivity index (χ4v) is 3.57. The van der Waals surface area contributed by atoms with E-state index in [1.54, 1.807) is 22.7 Å². The molecule has 7 heteroatoms. The maximum Gasteiger partial charge on any atom is 0.343 e. The van der Waals surface area contributed by atoms with Crippen LogP contribution in [0.1, 0.15) is 9.75 Å². The van der Waals surface area contributed by atoms with Crippen molar-refractivity contribution in [2.75, 3.05) is 0 Å². The zero-order valence-electron chi connectivity index (χ0n) is 9.87.